The van der Waals surface area contributed by atoms with Gasteiger partial charge in [0, 0.05) is 20.1 Å². The van der Waals surface area contributed by atoms with E-state index < -0.39 is 33.7 Å². The Morgan fingerprint density at radius 3 is 2.47 bits per heavy atom. The summed E-state index contributed by atoms with van der Waals surface area (Å²) in [4.78, 5) is 36.8. The Kier molecular flexibility index (Phi) is 8.69. The third kappa shape index (κ3) is 5.68. The molecule has 1 aromatic carbocycles. The van der Waals surface area contributed by atoms with Crippen LogP contribution in [0.4, 0.5) is 5.69 Å². The molecule has 12 nitrogen and oxygen atoms in total. The van der Waals surface area contributed by atoms with Crippen LogP contribution in [0, 0.1) is 5.92 Å². The fourth-order valence-corrected chi connectivity index (χ4v) is 5.52. The lowest BCUT2D eigenvalue weighted by Crippen LogP contribution is -2.40. The molecular formula is C23H31N5O7S. The highest BCUT2D eigenvalue weighted by Crippen LogP contribution is 2.29. The Balaban J connectivity index is 1.95. The Hall–Kier alpha value is -3.45. The molecule has 13 heteroatoms. The molecule has 0 radical (unpaired) electrons. The first kappa shape index (κ1) is 27.1. The Morgan fingerprint density at radius 1 is 1.19 bits per heavy atom. The lowest BCUT2D eigenvalue weighted by Gasteiger charge is -2.29. The first-order valence-electron chi connectivity index (χ1n) is 11.7. The lowest BCUT2D eigenvalue weighted by molar-refractivity contribution is -0.142. The summed E-state index contributed by atoms with van der Waals surface area (Å²) in [6.45, 7) is 4.04. The van der Waals surface area contributed by atoms with Crippen molar-refractivity contribution in [1.29, 1.82) is 0 Å². The van der Waals surface area contributed by atoms with Gasteiger partial charge in [-0.05, 0) is 44.4 Å². The van der Waals surface area contributed by atoms with Crippen molar-refractivity contribution in [2.75, 3.05) is 32.1 Å². The number of H-pyrrole nitrogens is 1. The maximum atomic E-state index is 13.4. The fourth-order valence-electron chi connectivity index (χ4n) is 4.02. The maximum Gasteiger partial charge on any atom is 0.306 e. The number of nitrogens with zero attached hydrogens (tertiary/aromatic N) is 2. The predicted molar refractivity (Wildman–Crippen MR) is 131 cm³/mol. The van der Waals surface area contributed by atoms with Gasteiger partial charge in [-0.3, -0.25) is 19.5 Å². The van der Waals surface area contributed by atoms with E-state index in [9.17, 15) is 27.9 Å². The zero-order chi connectivity index (χ0) is 26.5. The number of carbonyl (C=O) groups excluding carboxylic acids is 2. The second kappa shape index (κ2) is 11.5. The standard InChI is InChI=1S/C23H31N5O7S/c1-4-6-17-19(20(27-26-17)22(30)24-3)25-21(29)16-13-15(7-8-18(16)35-5-2)36(33,34)28-11-9-14(10-12-28)23(31)32/h7-8,13-14H,4-6,9-12H2,1-3H3,(H,24,30)(H,25,29)(H,26,27)(H,31,32). The molecule has 4 N–H and O–H groups in total. The predicted octanol–water partition coefficient (Wildman–Crippen LogP) is 1.86. The van der Waals surface area contributed by atoms with Crippen LogP contribution in [0.5, 0.6) is 5.75 Å². The van der Waals surface area contributed by atoms with Crippen molar-refractivity contribution in [2.45, 2.75) is 44.4 Å². The number of rotatable bonds is 10. The number of sulfonamides is 1. The number of benzene rings is 1. The van der Waals surface area contributed by atoms with Crippen molar-refractivity contribution >= 4 is 33.5 Å². The average Bonchev–Trinajstić information content (AvgIpc) is 3.26. The van der Waals surface area contributed by atoms with Crippen LogP contribution >= 0.6 is 0 Å². The molecule has 36 heavy (non-hydrogen) atoms. The minimum absolute atomic E-state index is 0.0233. The van der Waals surface area contributed by atoms with Crippen molar-refractivity contribution < 1.29 is 32.6 Å². The van der Waals surface area contributed by atoms with E-state index in [1.54, 1.807) is 6.92 Å². The van der Waals surface area contributed by atoms with E-state index in [0.29, 0.717) is 12.1 Å². The molecule has 196 valence electrons. The van der Waals surface area contributed by atoms with Gasteiger partial charge in [0.25, 0.3) is 11.8 Å². The monoisotopic (exact) mass is 521 g/mol. The Labute approximate surface area is 209 Å². The molecule has 2 amide bonds. The van der Waals surface area contributed by atoms with Crippen LogP contribution in [-0.2, 0) is 21.2 Å². The Morgan fingerprint density at radius 2 is 1.89 bits per heavy atom. The SMILES string of the molecule is CCCc1n[nH]c(C(=O)NC)c1NC(=O)c1cc(S(=O)(=O)N2CCC(C(=O)O)CC2)ccc1OCC. The van der Waals surface area contributed by atoms with E-state index in [1.807, 2.05) is 6.92 Å². The zero-order valence-electron chi connectivity index (χ0n) is 20.5. The number of carbonyl (C=O) groups is 3. The fraction of sp³-hybridized carbons (Fsp3) is 0.478. The number of piperidine rings is 1. The largest absolute Gasteiger partial charge is 0.493 e. The van der Waals surface area contributed by atoms with E-state index in [4.69, 9.17) is 4.74 Å². The van der Waals surface area contributed by atoms with E-state index >= 15 is 0 Å². The number of nitrogens with one attached hydrogen (secondary N) is 3. The van der Waals surface area contributed by atoms with Crippen molar-refractivity contribution in [3.05, 3.63) is 35.2 Å². The molecular weight excluding hydrogens is 490 g/mol. The van der Waals surface area contributed by atoms with Crippen LogP contribution in [0.15, 0.2) is 23.1 Å². The van der Waals surface area contributed by atoms with Crippen LogP contribution in [0.3, 0.4) is 0 Å². The van der Waals surface area contributed by atoms with Crippen LogP contribution < -0.4 is 15.4 Å². The smallest absolute Gasteiger partial charge is 0.306 e. The van der Waals surface area contributed by atoms with E-state index in [-0.39, 0.29) is 60.1 Å². The Bertz CT molecular complexity index is 1230. The number of hydrogen-bond acceptors (Lipinski definition) is 7. The highest BCUT2D eigenvalue weighted by molar-refractivity contribution is 7.89. The summed E-state index contributed by atoms with van der Waals surface area (Å²) in [6, 6.07) is 4.01. The summed E-state index contributed by atoms with van der Waals surface area (Å²) in [5.41, 5.74) is 0.766. The molecule has 0 unspecified atom stereocenters. The van der Waals surface area contributed by atoms with Gasteiger partial charge in [0.15, 0.2) is 0 Å². The number of anilines is 1. The molecule has 1 aliphatic heterocycles. The van der Waals surface area contributed by atoms with Gasteiger partial charge in [0.05, 0.1) is 34.4 Å². The molecule has 1 aromatic heterocycles. The van der Waals surface area contributed by atoms with Crippen molar-refractivity contribution in [1.82, 2.24) is 19.8 Å². The molecule has 3 rings (SSSR count). The minimum Gasteiger partial charge on any atom is -0.493 e. The highest BCUT2D eigenvalue weighted by atomic mass is 32.2. The number of aryl methyl sites for hydroxylation is 1. The summed E-state index contributed by atoms with van der Waals surface area (Å²) >= 11 is 0. The minimum atomic E-state index is -3.98. The highest BCUT2D eigenvalue weighted by Gasteiger charge is 2.33. The van der Waals surface area contributed by atoms with Crippen LogP contribution in [0.2, 0.25) is 0 Å². The van der Waals surface area contributed by atoms with Gasteiger partial charge in [0.1, 0.15) is 11.4 Å². The van der Waals surface area contributed by atoms with Crippen molar-refractivity contribution in [3.63, 3.8) is 0 Å². The number of aliphatic carboxylic acids is 1. The maximum absolute atomic E-state index is 13.4. The molecule has 2 aromatic rings. The number of carboxylic acids is 1. The summed E-state index contributed by atoms with van der Waals surface area (Å²) in [5, 5.41) is 21.2. The molecule has 1 saturated heterocycles. The van der Waals surface area contributed by atoms with Gasteiger partial charge in [-0.2, -0.15) is 9.40 Å². The van der Waals surface area contributed by atoms with Crippen LogP contribution in [0.1, 0.15) is 59.7 Å². The molecule has 0 aliphatic carbocycles. The summed E-state index contributed by atoms with van der Waals surface area (Å²) in [7, 11) is -2.53. The zero-order valence-corrected chi connectivity index (χ0v) is 21.3. The van der Waals surface area contributed by atoms with Crippen molar-refractivity contribution in [2.24, 2.45) is 5.92 Å². The summed E-state index contributed by atoms with van der Waals surface area (Å²) < 4.78 is 33.4. The van der Waals surface area contributed by atoms with Gasteiger partial charge in [-0.1, -0.05) is 13.3 Å². The number of hydrogen-bond donors (Lipinski definition) is 4. The number of aromatic nitrogens is 2. The van der Waals surface area contributed by atoms with E-state index in [1.165, 1.54) is 29.6 Å². The first-order chi connectivity index (χ1) is 17.1. The molecule has 0 atom stereocenters. The average molecular weight is 522 g/mol. The second-order valence-electron chi connectivity index (χ2n) is 8.31. The number of ether oxygens (including phenoxy) is 1. The third-order valence-electron chi connectivity index (χ3n) is 5.96. The van der Waals surface area contributed by atoms with Gasteiger partial charge < -0.3 is 20.5 Å². The van der Waals surface area contributed by atoms with E-state index in [0.717, 1.165) is 6.42 Å². The normalized spacial score (nSPS) is 14.9. The van der Waals surface area contributed by atoms with E-state index in [2.05, 4.69) is 20.8 Å². The third-order valence-corrected chi connectivity index (χ3v) is 7.85. The summed E-state index contributed by atoms with van der Waals surface area (Å²) in [6.07, 6.45) is 1.64. The van der Waals surface area contributed by atoms with Gasteiger partial charge in [-0.15, -0.1) is 0 Å². The molecule has 1 fully saturated rings. The number of amides is 2. The van der Waals surface area contributed by atoms with Crippen LogP contribution in [-0.4, -0.2) is 72.6 Å². The molecule has 2 heterocycles. The first-order valence-corrected chi connectivity index (χ1v) is 13.2. The topological polar surface area (TPSA) is 171 Å². The number of carboxylic acid groups (broad SMARTS) is 1. The van der Waals surface area contributed by atoms with Gasteiger partial charge >= 0.3 is 5.97 Å². The van der Waals surface area contributed by atoms with Crippen molar-refractivity contribution in [3.8, 4) is 5.75 Å². The van der Waals surface area contributed by atoms with Crippen LogP contribution in [0.25, 0.3) is 0 Å². The number of aromatic amines is 1. The molecule has 0 spiro atoms. The quantitative estimate of drug-likeness (QED) is 0.367. The molecule has 0 bridgehead atoms. The van der Waals surface area contributed by atoms with Gasteiger partial charge in [-0.25, -0.2) is 8.42 Å². The van der Waals surface area contributed by atoms with Gasteiger partial charge in [0.2, 0.25) is 10.0 Å². The second-order valence-corrected chi connectivity index (χ2v) is 10.2. The summed E-state index contributed by atoms with van der Waals surface area (Å²) in [5.74, 6) is -2.47. The molecule has 0 saturated carbocycles. The lowest BCUT2D eigenvalue weighted by atomic mass is 9.99. The molecule has 1 aliphatic rings.